The highest BCUT2D eigenvalue weighted by molar-refractivity contribution is 7.20. The minimum Gasteiger partial charge on any atom is -0.341 e. The van der Waals surface area contributed by atoms with E-state index >= 15 is 0 Å². The van der Waals surface area contributed by atoms with Crippen LogP contribution in [0.5, 0.6) is 0 Å². The standard InChI is InChI=1S/C15H18N4O3S/c1-8-11-13(21)16-7-17-14(11)23-12(8)15(22)19-5-4-10(6-19)18(3)9(2)20/h7,10H,4-6H2,1-3H3,(H,16,17,21)/t10-/m0/s1. The number of hydrogen-bond donors (Lipinski definition) is 1. The number of amides is 2. The van der Waals surface area contributed by atoms with Crippen molar-refractivity contribution in [3.05, 3.63) is 27.1 Å². The molecular formula is C15H18N4O3S. The fourth-order valence-corrected chi connectivity index (χ4v) is 4.04. The first kappa shape index (κ1) is 15.7. The number of fused-ring (bicyclic) bond motifs is 1. The number of thiophene rings is 1. The largest absolute Gasteiger partial charge is 0.341 e. The summed E-state index contributed by atoms with van der Waals surface area (Å²) in [5, 5.41) is 0.484. The number of aryl methyl sites for hydroxylation is 1. The SMILES string of the molecule is CC(=O)N(C)[C@H]1CCN(C(=O)c2sc3nc[nH]c(=O)c3c2C)C1. The average molecular weight is 334 g/mol. The van der Waals surface area contributed by atoms with Gasteiger partial charge in [0.25, 0.3) is 11.5 Å². The van der Waals surface area contributed by atoms with Gasteiger partial charge in [0.1, 0.15) is 4.83 Å². The quantitative estimate of drug-likeness (QED) is 0.887. The Bertz CT molecular complexity index is 841. The summed E-state index contributed by atoms with van der Waals surface area (Å²) < 4.78 is 0. The molecule has 2 amide bonds. The lowest BCUT2D eigenvalue weighted by molar-refractivity contribution is -0.129. The van der Waals surface area contributed by atoms with Gasteiger partial charge in [-0.25, -0.2) is 4.98 Å². The van der Waals surface area contributed by atoms with Crippen LogP contribution in [0.15, 0.2) is 11.1 Å². The zero-order chi connectivity index (χ0) is 16.7. The van der Waals surface area contributed by atoms with E-state index in [4.69, 9.17) is 0 Å². The van der Waals surface area contributed by atoms with Gasteiger partial charge in [0, 0.05) is 27.1 Å². The zero-order valence-electron chi connectivity index (χ0n) is 13.3. The first-order valence-corrected chi connectivity index (χ1v) is 8.21. The highest BCUT2D eigenvalue weighted by Gasteiger charge is 2.32. The summed E-state index contributed by atoms with van der Waals surface area (Å²) in [5.74, 6) is -0.0950. The molecule has 1 aliphatic heterocycles. The summed E-state index contributed by atoms with van der Waals surface area (Å²) in [6.07, 6.45) is 2.12. The number of likely N-dealkylation sites (N-methyl/N-ethyl adjacent to an activating group) is 1. The highest BCUT2D eigenvalue weighted by atomic mass is 32.1. The number of H-pyrrole nitrogens is 1. The number of hydrogen-bond acceptors (Lipinski definition) is 5. The Hall–Kier alpha value is -2.22. The number of likely N-dealkylation sites (tertiary alicyclic amines) is 1. The zero-order valence-corrected chi connectivity index (χ0v) is 14.1. The molecule has 1 aliphatic rings. The van der Waals surface area contributed by atoms with Gasteiger partial charge < -0.3 is 14.8 Å². The molecule has 23 heavy (non-hydrogen) atoms. The molecule has 1 atom stereocenters. The number of rotatable bonds is 2. The monoisotopic (exact) mass is 334 g/mol. The molecule has 0 spiro atoms. The molecule has 2 aromatic heterocycles. The molecule has 3 heterocycles. The topological polar surface area (TPSA) is 86.4 Å². The lowest BCUT2D eigenvalue weighted by Crippen LogP contribution is -2.38. The summed E-state index contributed by atoms with van der Waals surface area (Å²) in [6.45, 7) is 4.43. The third-order valence-electron chi connectivity index (χ3n) is 4.42. The van der Waals surface area contributed by atoms with Gasteiger partial charge in [0.15, 0.2) is 0 Å². The predicted octanol–water partition coefficient (Wildman–Crippen LogP) is 0.986. The van der Waals surface area contributed by atoms with Crippen molar-refractivity contribution in [3.8, 4) is 0 Å². The minimum atomic E-state index is -0.224. The van der Waals surface area contributed by atoms with E-state index < -0.39 is 0 Å². The van der Waals surface area contributed by atoms with Crippen molar-refractivity contribution in [2.75, 3.05) is 20.1 Å². The van der Waals surface area contributed by atoms with E-state index in [2.05, 4.69) is 9.97 Å². The van der Waals surface area contributed by atoms with E-state index in [0.29, 0.717) is 33.7 Å². The second-order valence-electron chi connectivity index (χ2n) is 5.79. The Labute approximate surface area is 136 Å². The molecule has 122 valence electrons. The normalized spacial score (nSPS) is 17.7. The molecule has 0 aromatic carbocycles. The van der Waals surface area contributed by atoms with Crippen molar-refractivity contribution in [1.29, 1.82) is 0 Å². The fraction of sp³-hybridized carbons (Fsp3) is 0.467. The Morgan fingerprint density at radius 2 is 2.22 bits per heavy atom. The van der Waals surface area contributed by atoms with Gasteiger partial charge in [-0.1, -0.05) is 0 Å². The van der Waals surface area contributed by atoms with Crippen LogP contribution in [-0.4, -0.2) is 57.8 Å². The number of aromatic amines is 1. The molecule has 0 saturated carbocycles. The van der Waals surface area contributed by atoms with Crippen molar-refractivity contribution >= 4 is 33.4 Å². The van der Waals surface area contributed by atoms with E-state index in [9.17, 15) is 14.4 Å². The van der Waals surface area contributed by atoms with Crippen molar-refractivity contribution < 1.29 is 9.59 Å². The van der Waals surface area contributed by atoms with Gasteiger partial charge in [-0.15, -0.1) is 11.3 Å². The van der Waals surface area contributed by atoms with Crippen molar-refractivity contribution in [1.82, 2.24) is 19.8 Å². The Morgan fingerprint density at radius 3 is 2.87 bits per heavy atom. The van der Waals surface area contributed by atoms with Crippen LogP contribution in [-0.2, 0) is 4.79 Å². The predicted molar refractivity (Wildman–Crippen MR) is 87.7 cm³/mol. The third-order valence-corrected chi connectivity index (χ3v) is 5.61. The molecule has 3 rings (SSSR count). The Morgan fingerprint density at radius 1 is 1.48 bits per heavy atom. The lowest BCUT2D eigenvalue weighted by atomic mass is 10.2. The van der Waals surface area contributed by atoms with E-state index in [1.54, 1.807) is 23.8 Å². The minimum absolute atomic E-state index is 0.00178. The van der Waals surface area contributed by atoms with Crippen LogP contribution < -0.4 is 5.56 Å². The maximum atomic E-state index is 12.8. The molecule has 0 radical (unpaired) electrons. The number of nitrogens with zero attached hydrogens (tertiary/aromatic N) is 3. The van der Waals surface area contributed by atoms with E-state index in [1.165, 1.54) is 24.6 Å². The molecule has 7 nitrogen and oxygen atoms in total. The van der Waals surface area contributed by atoms with Crippen molar-refractivity contribution in [2.45, 2.75) is 26.3 Å². The molecule has 8 heteroatoms. The van der Waals surface area contributed by atoms with Crippen LogP contribution in [0.2, 0.25) is 0 Å². The van der Waals surface area contributed by atoms with Crippen LogP contribution in [0.25, 0.3) is 10.2 Å². The van der Waals surface area contributed by atoms with Gasteiger partial charge in [-0.3, -0.25) is 14.4 Å². The van der Waals surface area contributed by atoms with Crippen molar-refractivity contribution in [2.24, 2.45) is 0 Å². The summed E-state index contributed by atoms with van der Waals surface area (Å²) in [6, 6.07) is 0.0488. The average Bonchev–Trinajstić information content (AvgIpc) is 3.12. The molecule has 2 aromatic rings. The molecule has 1 saturated heterocycles. The van der Waals surface area contributed by atoms with E-state index in [-0.39, 0.29) is 23.4 Å². The molecule has 0 aliphatic carbocycles. The molecule has 0 unspecified atom stereocenters. The van der Waals surface area contributed by atoms with Crippen LogP contribution in [0.3, 0.4) is 0 Å². The highest BCUT2D eigenvalue weighted by Crippen LogP contribution is 2.29. The summed E-state index contributed by atoms with van der Waals surface area (Å²) >= 11 is 1.25. The number of aromatic nitrogens is 2. The van der Waals surface area contributed by atoms with E-state index in [1.807, 2.05) is 0 Å². The molecule has 1 fully saturated rings. The summed E-state index contributed by atoms with van der Waals surface area (Å²) in [5.41, 5.74) is 0.450. The molecule has 0 bridgehead atoms. The summed E-state index contributed by atoms with van der Waals surface area (Å²) in [7, 11) is 1.76. The van der Waals surface area contributed by atoms with Gasteiger partial charge in [0.2, 0.25) is 5.91 Å². The van der Waals surface area contributed by atoms with Crippen molar-refractivity contribution in [3.63, 3.8) is 0 Å². The first-order valence-electron chi connectivity index (χ1n) is 7.39. The van der Waals surface area contributed by atoms with E-state index in [0.717, 1.165) is 6.42 Å². The second kappa shape index (κ2) is 5.77. The number of nitrogens with one attached hydrogen (secondary N) is 1. The van der Waals surface area contributed by atoms with Crippen LogP contribution >= 0.6 is 11.3 Å². The first-order chi connectivity index (χ1) is 10.9. The number of carbonyl (C=O) groups excluding carboxylic acids is 2. The van der Waals surface area contributed by atoms with Crippen LogP contribution in [0.4, 0.5) is 0 Å². The summed E-state index contributed by atoms with van der Waals surface area (Å²) in [4.78, 5) is 47.4. The van der Waals surface area contributed by atoms with Gasteiger partial charge >= 0.3 is 0 Å². The smallest absolute Gasteiger partial charge is 0.264 e. The Balaban J connectivity index is 1.88. The maximum absolute atomic E-state index is 12.8. The second-order valence-corrected chi connectivity index (χ2v) is 6.79. The number of carbonyl (C=O) groups is 2. The molecular weight excluding hydrogens is 316 g/mol. The van der Waals surface area contributed by atoms with Crippen LogP contribution in [0.1, 0.15) is 28.6 Å². The Kier molecular flexibility index (Phi) is 3.93. The van der Waals surface area contributed by atoms with Crippen LogP contribution in [0, 0.1) is 6.92 Å². The lowest BCUT2D eigenvalue weighted by Gasteiger charge is -2.23. The third kappa shape index (κ3) is 2.63. The maximum Gasteiger partial charge on any atom is 0.264 e. The fourth-order valence-electron chi connectivity index (χ4n) is 2.93. The molecule has 1 N–H and O–H groups in total. The van der Waals surface area contributed by atoms with Gasteiger partial charge in [0.05, 0.1) is 22.6 Å². The van der Waals surface area contributed by atoms with Gasteiger partial charge in [-0.05, 0) is 18.9 Å². The van der Waals surface area contributed by atoms with Gasteiger partial charge in [-0.2, -0.15) is 0 Å².